The number of amides is 2. The van der Waals surface area contributed by atoms with Gasteiger partial charge in [0.05, 0.1) is 6.07 Å². The molecule has 8 nitrogen and oxygen atoms in total. The van der Waals surface area contributed by atoms with E-state index in [-0.39, 0.29) is 22.3 Å². The Kier molecular flexibility index (Phi) is 6.77. The van der Waals surface area contributed by atoms with Gasteiger partial charge in [0.2, 0.25) is 11.7 Å². The van der Waals surface area contributed by atoms with Gasteiger partial charge in [0, 0.05) is 30.8 Å². The molecule has 1 aliphatic rings. The maximum atomic E-state index is 14.9. The SMILES string of the molecule is CN(C(=O)c1cc(O)no1)C(C(=O)Nc1cc(F)c([SH](C)(C)(C)C)c(F)c1)C1CCOCC1. The minimum absolute atomic E-state index is 0.0330. The molecule has 1 aliphatic heterocycles. The van der Waals surface area contributed by atoms with Crippen LogP contribution >= 0.6 is 9.16 Å². The van der Waals surface area contributed by atoms with Gasteiger partial charge in [-0.2, -0.15) is 0 Å². The molecule has 0 bridgehead atoms. The second-order valence-electron chi connectivity index (χ2n) is 10.2. The van der Waals surface area contributed by atoms with Crippen molar-refractivity contribution in [3.05, 3.63) is 35.6 Å². The number of ether oxygens (including phenoxy) is 1. The average Bonchev–Trinajstić information content (AvgIpc) is 3.12. The van der Waals surface area contributed by atoms with Gasteiger partial charge >= 0.3 is 0 Å². The van der Waals surface area contributed by atoms with Gasteiger partial charge < -0.3 is 24.6 Å². The summed E-state index contributed by atoms with van der Waals surface area (Å²) in [5, 5.41) is 15.2. The van der Waals surface area contributed by atoms with Crippen LogP contribution < -0.4 is 5.32 Å². The lowest BCUT2D eigenvalue weighted by molar-refractivity contribution is -0.123. The third-order valence-electron chi connectivity index (χ3n) is 5.61. The van der Waals surface area contributed by atoms with Crippen molar-refractivity contribution in [2.45, 2.75) is 23.8 Å². The van der Waals surface area contributed by atoms with Crippen LogP contribution in [0.25, 0.3) is 0 Å². The Balaban J connectivity index is 1.90. The Hall–Kier alpha value is -2.66. The molecule has 2 aromatic rings. The number of halogens is 2. The lowest BCUT2D eigenvalue weighted by Crippen LogP contribution is -2.50. The van der Waals surface area contributed by atoms with Crippen molar-refractivity contribution in [3.8, 4) is 5.88 Å². The molecule has 1 aromatic carbocycles. The Bertz CT molecular complexity index is 1030. The number of nitrogens with zero attached hydrogens (tertiary/aromatic N) is 2. The molecule has 1 fully saturated rings. The summed E-state index contributed by atoms with van der Waals surface area (Å²) in [5.41, 5.74) is -0.0330. The van der Waals surface area contributed by atoms with E-state index >= 15 is 0 Å². The predicted molar refractivity (Wildman–Crippen MR) is 124 cm³/mol. The zero-order valence-electron chi connectivity index (χ0n) is 19.4. The van der Waals surface area contributed by atoms with Crippen LogP contribution in [-0.2, 0) is 9.53 Å². The fraction of sp³-hybridized carbons (Fsp3) is 0.500. The van der Waals surface area contributed by atoms with E-state index in [9.17, 15) is 23.5 Å². The maximum Gasteiger partial charge on any atom is 0.293 e. The second kappa shape index (κ2) is 8.94. The summed E-state index contributed by atoms with van der Waals surface area (Å²) in [7, 11) is -1.32. The first-order valence-corrected chi connectivity index (χ1v) is 14.6. The molecule has 2 N–H and O–H groups in total. The third kappa shape index (κ3) is 5.64. The first kappa shape index (κ1) is 25.0. The smallest absolute Gasteiger partial charge is 0.293 e. The lowest BCUT2D eigenvalue weighted by Gasteiger charge is -2.47. The van der Waals surface area contributed by atoms with Crippen molar-refractivity contribution < 1.29 is 32.7 Å². The normalized spacial score (nSPS) is 17.1. The summed E-state index contributed by atoms with van der Waals surface area (Å²) >= 11 is 0. The minimum Gasteiger partial charge on any atom is -0.491 e. The molecule has 33 heavy (non-hydrogen) atoms. The molecule has 3 rings (SSSR count). The standard InChI is InChI=1S/C22H31F2N3O5S/c1-27(22(30)17-12-18(28)26-32-17)19(13-6-8-31-9-7-13)21(29)25-14-10-15(23)20(16(24)11-14)33(2,3,4)5/h10-13,19,33H,6-9H2,1-5H3,(H,25,29)(H,26,28). The van der Waals surface area contributed by atoms with Crippen LogP contribution in [0.15, 0.2) is 27.6 Å². The zero-order chi connectivity index (χ0) is 24.6. The van der Waals surface area contributed by atoms with Crippen molar-refractivity contribution >= 4 is 26.7 Å². The van der Waals surface area contributed by atoms with Gasteiger partial charge in [0.15, 0.2) is 0 Å². The quantitative estimate of drug-likeness (QED) is 0.541. The summed E-state index contributed by atoms with van der Waals surface area (Å²) in [4.78, 5) is 27.4. The van der Waals surface area contributed by atoms with E-state index in [1.54, 1.807) is 0 Å². The summed E-state index contributed by atoms with van der Waals surface area (Å²) < 4.78 is 40.0. The first-order chi connectivity index (χ1) is 15.2. The van der Waals surface area contributed by atoms with Gasteiger partial charge in [-0.25, -0.2) is 8.78 Å². The van der Waals surface area contributed by atoms with Crippen molar-refractivity contribution in [2.75, 3.05) is 50.6 Å². The molecule has 0 aliphatic carbocycles. The molecular weight excluding hydrogens is 456 g/mol. The number of nitrogens with one attached hydrogen (secondary N) is 1. The number of likely N-dealkylation sites (N-methyl/N-ethyl adjacent to an activating group) is 1. The molecule has 2 amide bonds. The molecule has 0 spiro atoms. The Morgan fingerprint density at radius 3 is 2.21 bits per heavy atom. The Labute approximate surface area is 191 Å². The highest BCUT2D eigenvalue weighted by Gasteiger charge is 2.37. The molecule has 1 saturated heterocycles. The molecule has 1 aromatic heterocycles. The molecule has 1 atom stereocenters. The van der Waals surface area contributed by atoms with E-state index in [0.29, 0.717) is 26.1 Å². The fourth-order valence-corrected chi connectivity index (χ4v) is 5.95. The van der Waals surface area contributed by atoms with E-state index in [2.05, 4.69) is 10.5 Å². The highest BCUT2D eigenvalue weighted by Crippen LogP contribution is 2.65. The predicted octanol–water partition coefficient (Wildman–Crippen LogP) is 3.12. The summed E-state index contributed by atoms with van der Waals surface area (Å²) in [6.45, 7) is 0.843. The third-order valence-corrected chi connectivity index (χ3v) is 7.82. The molecule has 11 heteroatoms. The minimum atomic E-state index is -2.74. The topological polar surface area (TPSA) is 105 Å². The first-order valence-electron chi connectivity index (χ1n) is 10.6. The molecule has 184 valence electrons. The number of hydrogen-bond donors (Lipinski definition) is 3. The lowest BCUT2D eigenvalue weighted by atomic mass is 9.90. The highest BCUT2D eigenvalue weighted by atomic mass is 32.3. The van der Waals surface area contributed by atoms with Gasteiger partial charge in [-0.1, -0.05) is 0 Å². The number of benzene rings is 1. The maximum absolute atomic E-state index is 14.9. The van der Waals surface area contributed by atoms with Crippen molar-refractivity contribution in [3.63, 3.8) is 0 Å². The van der Waals surface area contributed by atoms with Gasteiger partial charge in [-0.15, -0.1) is 0 Å². The van der Waals surface area contributed by atoms with Crippen molar-refractivity contribution in [1.82, 2.24) is 10.1 Å². The van der Waals surface area contributed by atoms with E-state index in [1.165, 1.54) is 11.9 Å². The van der Waals surface area contributed by atoms with Crippen LogP contribution in [0.2, 0.25) is 0 Å². The van der Waals surface area contributed by atoms with Gasteiger partial charge in [0.25, 0.3) is 11.8 Å². The van der Waals surface area contributed by atoms with Crippen molar-refractivity contribution in [2.24, 2.45) is 5.92 Å². The number of rotatable bonds is 6. The average molecular weight is 488 g/mol. The molecule has 0 radical (unpaired) electrons. The van der Waals surface area contributed by atoms with Crippen molar-refractivity contribution in [1.29, 1.82) is 0 Å². The van der Waals surface area contributed by atoms with Gasteiger partial charge in [0.1, 0.15) is 17.7 Å². The second-order valence-corrected chi connectivity index (χ2v) is 17.8. The Morgan fingerprint density at radius 2 is 1.73 bits per heavy atom. The molecule has 1 unspecified atom stereocenters. The summed E-state index contributed by atoms with van der Waals surface area (Å²) in [6.07, 6.45) is 8.40. The molecule has 0 saturated carbocycles. The number of aromatic nitrogens is 1. The highest BCUT2D eigenvalue weighted by molar-refractivity contribution is 8.47. The van der Waals surface area contributed by atoms with Crippen LogP contribution in [0.3, 0.4) is 0 Å². The van der Waals surface area contributed by atoms with E-state index < -0.39 is 44.5 Å². The van der Waals surface area contributed by atoms with Gasteiger partial charge in [-0.3, -0.25) is 18.8 Å². The van der Waals surface area contributed by atoms with Crippen LogP contribution in [0.4, 0.5) is 14.5 Å². The number of thiol groups is 1. The number of anilines is 1. The van der Waals surface area contributed by atoms with Crippen LogP contribution in [0, 0.1) is 17.6 Å². The Morgan fingerprint density at radius 1 is 1.15 bits per heavy atom. The van der Waals surface area contributed by atoms with Crippen LogP contribution in [-0.4, -0.2) is 78.3 Å². The zero-order valence-corrected chi connectivity index (χ0v) is 20.3. The van der Waals surface area contributed by atoms with E-state index in [0.717, 1.165) is 18.2 Å². The number of aromatic hydroxyl groups is 1. The van der Waals surface area contributed by atoms with E-state index in [4.69, 9.17) is 9.26 Å². The fourth-order valence-electron chi connectivity index (χ4n) is 4.11. The number of carbonyl (C=O) groups excluding carboxylic acids is 2. The van der Waals surface area contributed by atoms with Crippen LogP contribution in [0.5, 0.6) is 5.88 Å². The van der Waals surface area contributed by atoms with E-state index in [1.807, 2.05) is 25.0 Å². The van der Waals surface area contributed by atoms with Gasteiger partial charge in [-0.05, 0) is 61.1 Å². The summed E-state index contributed by atoms with van der Waals surface area (Å²) in [6, 6.07) is 2.30. The number of hydrogen-bond acceptors (Lipinski definition) is 6. The van der Waals surface area contributed by atoms with Crippen LogP contribution in [0.1, 0.15) is 23.4 Å². The largest absolute Gasteiger partial charge is 0.491 e. The molecular formula is C22H31F2N3O5S. The summed E-state index contributed by atoms with van der Waals surface area (Å²) in [5.74, 6) is -3.63. The monoisotopic (exact) mass is 487 g/mol. The number of carbonyl (C=O) groups is 2. The molecule has 2 heterocycles.